The molecule has 2 atom stereocenters. The van der Waals surface area contributed by atoms with Crippen LogP contribution in [0.3, 0.4) is 0 Å². The second kappa shape index (κ2) is 13.2. The molecule has 0 radical (unpaired) electrons. The van der Waals surface area contributed by atoms with E-state index in [1.54, 1.807) is 0 Å². The molecule has 0 heterocycles. The van der Waals surface area contributed by atoms with E-state index in [1.807, 2.05) is 30.3 Å². The molecule has 1 rings (SSSR count). The summed E-state index contributed by atoms with van der Waals surface area (Å²) in [5, 5.41) is 12.9. The average Bonchev–Trinajstić information content (AvgIpc) is 2.61. The minimum atomic E-state index is -0.848. The van der Waals surface area contributed by atoms with Gasteiger partial charge in [-0.05, 0) is 31.2 Å². The Morgan fingerprint density at radius 1 is 1.15 bits per heavy atom. The van der Waals surface area contributed by atoms with Crippen molar-refractivity contribution in [2.45, 2.75) is 70.4 Å². The smallest absolute Gasteiger partial charge is 0.407 e. The molecular formula is C20H32N2O4. The molecular weight excluding hydrogens is 332 g/mol. The van der Waals surface area contributed by atoms with Crippen molar-refractivity contribution in [3.05, 3.63) is 35.9 Å². The lowest BCUT2D eigenvalue weighted by Crippen LogP contribution is -2.46. The molecule has 6 nitrogen and oxygen atoms in total. The van der Waals surface area contributed by atoms with Gasteiger partial charge in [0.05, 0.1) is 18.8 Å². The molecule has 2 amide bonds. The summed E-state index contributed by atoms with van der Waals surface area (Å²) < 4.78 is 5.11. The number of carbonyl (C=O) groups excluding carboxylic acids is 2. The number of aliphatic hydroxyl groups excluding tert-OH is 1. The highest BCUT2D eigenvalue weighted by atomic mass is 16.5. The molecule has 0 aromatic heterocycles. The molecule has 0 fully saturated rings. The number of hydrogen-bond donors (Lipinski definition) is 3. The van der Waals surface area contributed by atoms with E-state index in [1.165, 1.54) is 5.56 Å². The van der Waals surface area contributed by atoms with Crippen LogP contribution in [-0.4, -0.2) is 35.9 Å². The van der Waals surface area contributed by atoms with E-state index < -0.39 is 24.1 Å². The van der Waals surface area contributed by atoms with Gasteiger partial charge in [-0.2, -0.15) is 0 Å². The Labute approximate surface area is 156 Å². The van der Waals surface area contributed by atoms with Gasteiger partial charge in [-0.15, -0.1) is 0 Å². The van der Waals surface area contributed by atoms with Crippen LogP contribution in [0.5, 0.6) is 0 Å². The van der Waals surface area contributed by atoms with E-state index in [-0.39, 0.29) is 6.42 Å². The third-order valence-corrected chi connectivity index (χ3v) is 4.23. The van der Waals surface area contributed by atoms with Crippen LogP contribution in [0.15, 0.2) is 30.3 Å². The number of nitrogens with one attached hydrogen (secondary N) is 1. The van der Waals surface area contributed by atoms with Crippen molar-refractivity contribution >= 4 is 12.0 Å². The Morgan fingerprint density at radius 2 is 1.88 bits per heavy atom. The molecule has 1 unspecified atom stereocenters. The summed E-state index contributed by atoms with van der Waals surface area (Å²) in [5.74, 6) is -0.569. The summed E-state index contributed by atoms with van der Waals surface area (Å²) >= 11 is 0. The number of alkyl carbamates (subject to hydrolysis) is 1. The highest BCUT2D eigenvalue weighted by Gasteiger charge is 2.23. The quantitative estimate of drug-likeness (QED) is 0.468. The first-order valence-electron chi connectivity index (χ1n) is 9.46. The van der Waals surface area contributed by atoms with Crippen molar-refractivity contribution in [3.63, 3.8) is 0 Å². The van der Waals surface area contributed by atoms with Gasteiger partial charge < -0.3 is 20.9 Å². The van der Waals surface area contributed by atoms with Crippen molar-refractivity contribution in [2.24, 2.45) is 5.73 Å². The van der Waals surface area contributed by atoms with Gasteiger partial charge in [-0.3, -0.25) is 4.79 Å². The number of rotatable bonds is 13. The minimum absolute atomic E-state index is 0.114. The first-order valence-corrected chi connectivity index (χ1v) is 9.46. The number of carbonyl (C=O) groups is 2. The highest BCUT2D eigenvalue weighted by molar-refractivity contribution is 5.76. The summed E-state index contributed by atoms with van der Waals surface area (Å²) in [5.41, 5.74) is 6.43. The van der Waals surface area contributed by atoms with Crippen LogP contribution in [0.1, 0.15) is 57.4 Å². The molecule has 0 spiro atoms. The van der Waals surface area contributed by atoms with E-state index in [4.69, 9.17) is 10.5 Å². The molecule has 146 valence electrons. The standard InChI is InChI=1S/C20H32N2O4/c1-2-3-4-8-14-26-20(25)22-17(15-19(21)24)18(23)13-9-12-16-10-6-5-7-11-16/h5-7,10-11,17-18,23H,2-4,8-9,12-15H2,1H3,(H2,21,24)(H,22,25)/t17-,18?/m1/s1. The number of aliphatic hydroxyl groups is 1. The number of nitrogens with two attached hydrogens (primary N) is 1. The van der Waals surface area contributed by atoms with Crippen LogP contribution in [0.2, 0.25) is 0 Å². The van der Waals surface area contributed by atoms with Crippen LogP contribution >= 0.6 is 0 Å². The molecule has 26 heavy (non-hydrogen) atoms. The predicted octanol–water partition coefficient (Wildman–Crippen LogP) is 2.92. The Balaban J connectivity index is 2.38. The van der Waals surface area contributed by atoms with Crippen LogP contribution in [0.4, 0.5) is 4.79 Å². The van der Waals surface area contributed by atoms with Crippen LogP contribution in [-0.2, 0) is 16.0 Å². The van der Waals surface area contributed by atoms with Gasteiger partial charge in [0.2, 0.25) is 5.91 Å². The fourth-order valence-electron chi connectivity index (χ4n) is 2.75. The van der Waals surface area contributed by atoms with Gasteiger partial charge in [0.15, 0.2) is 0 Å². The van der Waals surface area contributed by atoms with E-state index in [0.29, 0.717) is 13.0 Å². The van der Waals surface area contributed by atoms with Crippen LogP contribution in [0.25, 0.3) is 0 Å². The van der Waals surface area contributed by atoms with Gasteiger partial charge in [-0.1, -0.05) is 56.5 Å². The predicted molar refractivity (Wildman–Crippen MR) is 102 cm³/mol. The van der Waals surface area contributed by atoms with Gasteiger partial charge in [0.25, 0.3) is 0 Å². The number of ether oxygens (including phenoxy) is 1. The monoisotopic (exact) mass is 364 g/mol. The van der Waals surface area contributed by atoms with Crippen LogP contribution < -0.4 is 11.1 Å². The number of hydrogen-bond acceptors (Lipinski definition) is 4. The lowest BCUT2D eigenvalue weighted by atomic mass is 9.99. The molecule has 4 N–H and O–H groups in total. The molecule has 0 aliphatic carbocycles. The molecule has 0 saturated heterocycles. The summed E-state index contributed by atoms with van der Waals surface area (Å²) in [4.78, 5) is 23.1. The maximum atomic E-state index is 11.9. The lowest BCUT2D eigenvalue weighted by Gasteiger charge is -2.23. The number of unbranched alkanes of at least 4 members (excludes halogenated alkanes) is 3. The molecule has 6 heteroatoms. The topological polar surface area (TPSA) is 102 Å². The van der Waals surface area contributed by atoms with Gasteiger partial charge in [0, 0.05) is 6.42 Å². The number of aryl methyl sites for hydroxylation is 1. The van der Waals surface area contributed by atoms with Gasteiger partial charge >= 0.3 is 6.09 Å². The number of benzene rings is 1. The molecule has 0 aliphatic heterocycles. The highest BCUT2D eigenvalue weighted by Crippen LogP contribution is 2.11. The van der Waals surface area contributed by atoms with Crippen molar-refractivity contribution in [1.82, 2.24) is 5.32 Å². The number of amides is 2. The maximum Gasteiger partial charge on any atom is 0.407 e. The molecule has 0 bridgehead atoms. The Hall–Kier alpha value is -2.08. The largest absolute Gasteiger partial charge is 0.450 e. The van der Waals surface area contributed by atoms with Gasteiger partial charge in [0.1, 0.15) is 0 Å². The van der Waals surface area contributed by atoms with Crippen molar-refractivity contribution in [2.75, 3.05) is 6.61 Å². The minimum Gasteiger partial charge on any atom is -0.450 e. The fraction of sp³-hybridized carbons (Fsp3) is 0.600. The Morgan fingerprint density at radius 3 is 2.54 bits per heavy atom. The Bertz CT molecular complexity index is 522. The molecule has 1 aromatic carbocycles. The van der Waals surface area contributed by atoms with E-state index >= 15 is 0 Å². The summed E-state index contributed by atoms with van der Waals surface area (Å²) in [7, 11) is 0. The third-order valence-electron chi connectivity index (χ3n) is 4.23. The van der Waals surface area contributed by atoms with Crippen molar-refractivity contribution in [3.8, 4) is 0 Å². The normalized spacial score (nSPS) is 13.0. The maximum absolute atomic E-state index is 11.9. The molecule has 0 saturated carbocycles. The number of primary amides is 1. The lowest BCUT2D eigenvalue weighted by molar-refractivity contribution is -0.119. The van der Waals surface area contributed by atoms with E-state index in [9.17, 15) is 14.7 Å². The zero-order valence-corrected chi connectivity index (χ0v) is 15.7. The zero-order chi connectivity index (χ0) is 19.2. The van der Waals surface area contributed by atoms with Gasteiger partial charge in [-0.25, -0.2) is 4.79 Å². The Kier molecular flexibility index (Phi) is 11.1. The summed E-state index contributed by atoms with van der Waals surface area (Å²) in [6, 6.07) is 9.23. The fourth-order valence-corrected chi connectivity index (χ4v) is 2.75. The second-order valence-electron chi connectivity index (χ2n) is 6.56. The molecule has 0 aliphatic rings. The van der Waals surface area contributed by atoms with E-state index in [2.05, 4.69) is 12.2 Å². The first kappa shape index (κ1) is 22.0. The third kappa shape index (κ3) is 10.0. The average molecular weight is 364 g/mol. The summed E-state index contributed by atoms with van der Waals surface area (Å²) in [6.07, 6.45) is 4.49. The molecule has 1 aromatic rings. The zero-order valence-electron chi connectivity index (χ0n) is 15.7. The first-order chi connectivity index (χ1) is 12.5. The van der Waals surface area contributed by atoms with Crippen molar-refractivity contribution in [1.29, 1.82) is 0 Å². The summed E-state index contributed by atoms with van der Waals surface area (Å²) in [6.45, 7) is 2.44. The van der Waals surface area contributed by atoms with E-state index in [0.717, 1.165) is 38.5 Å². The van der Waals surface area contributed by atoms with Crippen LogP contribution in [0, 0.1) is 0 Å². The van der Waals surface area contributed by atoms with Crippen molar-refractivity contribution < 1.29 is 19.4 Å². The SMILES string of the molecule is CCCCCCOC(=O)N[C@H](CC(N)=O)C(O)CCCc1ccccc1. The second-order valence-corrected chi connectivity index (χ2v) is 6.56.